The number of pyridine rings is 2. The van der Waals surface area contributed by atoms with Gasteiger partial charge >= 0.3 is 0 Å². The summed E-state index contributed by atoms with van der Waals surface area (Å²) in [5.74, 6) is 1.56. The molecule has 0 aliphatic carbocycles. The van der Waals surface area contributed by atoms with Crippen LogP contribution in [0, 0.1) is 0 Å². The van der Waals surface area contributed by atoms with E-state index in [0.717, 1.165) is 53.2 Å². The topological polar surface area (TPSA) is 68.6 Å². The van der Waals surface area contributed by atoms with Crippen LogP contribution in [0.1, 0.15) is 5.56 Å². The normalized spacial score (nSPS) is 14.8. The fourth-order valence-electron chi connectivity index (χ4n) is 3.94. The van der Waals surface area contributed by atoms with Crippen molar-refractivity contribution in [3.05, 3.63) is 52.7 Å². The minimum Gasteiger partial charge on any atom is -0.496 e. The number of ether oxygens (including phenoxy) is 2. The van der Waals surface area contributed by atoms with E-state index in [2.05, 4.69) is 15.2 Å². The third-order valence-corrected chi connectivity index (χ3v) is 5.65. The van der Waals surface area contributed by atoms with Crippen LogP contribution in [0.3, 0.4) is 0 Å². The summed E-state index contributed by atoms with van der Waals surface area (Å²) in [4.78, 5) is 19.0. The lowest BCUT2D eigenvalue weighted by Gasteiger charge is -2.39. The van der Waals surface area contributed by atoms with Crippen molar-refractivity contribution in [2.45, 2.75) is 12.6 Å². The van der Waals surface area contributed by atoms with Gasteiger partial charge < -0.3 is 19.4 Å². The Kier molecular flexibility index (Phi) is 5.25. The van der Waals surface area contributed by atoms with Gasteiger partial charge in [0.25, 0.3) is 5.56 Å². The molecule has 4 rings (SSSR count). The van der Waals surface area contributed by atoms with Crippen molar-refractivity contribution in [2.24, 2.45) is 7.05 Å². The van der Waals surface area contributed by atoms with Crippen LogP contribution in [0.5, 0.6) is 11.5 Å². The average molecular weight is 394 g/mol. The number of likely N-dealkylation sites (tertiary alicyclic amines) is 1. The first-order chi connectivity index (χ1) is 14.0. The summed E-state index contributed by atoms with van der Waals surface area (Å²) in [5.41, 5.74) is 2.84. The van der Waals surface area contributed by atoms with Gasteiger partial charge in [-0.3, -0.25) is 14.7 Å². The number of rotatable bonds is 6. The number of aryl methyl sites for hydroxylation is 1. The van der Waals surface area contributed by atoms with Crippen molar-refractivity contribution in [2.75, 3.05) is 34.4 Å². The monoisotopic (exact) mass is 394 g/mol. The van der Waals surface area contributed by atoms with E-state index in [9.17, 15) is 4.79 Å². The van der Waals surface area contributed by atoms with Gasteiger partial charge in [-0.05, 0) is 36.2 Å². The van der Waals surface area contributed by atoms with Gasteiger partial charge in [-0.15, -0.1) is 0 Å². The molecule has 0 radical (unpaired) electrons. The van der Waals surface area contributed by atoms with Crippen LogP contribution in [0.15, 0.2) is 41.6 Å². The smallest absolute Gasteiger partial charge is 0.259 e. The summed E-state index contributed by atoms with van der Waals surface area (Å²) in [6.45, 7) is 2.77. The molecule has 29 heavy (non-hydrogen) atoms. The van der Waals surface area contributed by atoms with Crippen molar-refractivity contribution < 1.29 is 9.47 Å². The molecule has 1 saturated heterocycles. The Morgan fingerprint density at radius 2 is 1.86 bits per heavy atom. The zero-order valence-corrected chi connectivity index (χ0v) is 17.2. The zero-order chi connectivity index (χ0) is 20.5. The molecule has 0 saturated carbocycles. The SMILES string of the molecule is CNC1CN(Cc2c(OC)cc(-c3cn(C)c(=O)c4cnccc34)cc2OC)C1. The maximum atomic E-state index is 12.5. The number of hydrogen-bond acceptors (Lipinski definition) is 6. The minimum atomic E-state index is -0.0655. The molecule has 1 fully saturated rings. The summed E-state index contributed by atoms with van der Waals surface area (Å²) in [6, 6.07) is 6.45. The molecular formula is C22H26N4O3. The standard InChI is InChI=1S/C22H26N4O3/c1-23-15-10-26(11-15)13-19-20(28-3)7-14(8-21(19)29-4)18-12-25(2)22(27)17-9-24-6-5-16(17)18/h5-9,12,15,23H,10-11,13H2,1-4H3. The Balaban J connectivity index is 1.81. The summed E-state index contributed by atoms with van der Waals surface area (Å²) in [7, 11) is 7.10. The van der Waals surface area contributed by atoms with Crippen molar-refractivity contribution in [1.29, 1.82) is 0 Å². The number of fused-ring (bicyclic) bond motifs is 1. The van der Waals surface area contributed by atoms with E-state index in [1.807, 2.05) is 31.4 Å². The molecule has 0 atom stereocenters. The highest BCUT2D eigenvalue weighted by molar-refractivity contribution is 5.95. The number of nitrogens with one attached hydrogen (secondary N) is 1. The summed E-state index contributed by atoms with van der Waals surface area (Å²) in [6.07, 6.45) is 5.17. The van der Waals surface area contributed by atoms with Crippen LogP contribution < -0.4 is 20.3 Å². The highest BCUT2D eigenvalue weighted by atomic mass is 16.5. The van der Waals surface area contributed by atoms with Gasteiger partial charge in [-0.1, -0.05) is 0 Å². The molecule has 1 N–H and O–H groups in total. The highest BCUT2D eigenvalue weighted by Crippen LogP contribution is 2.38. The molecule has 3 heterocycles. The molecule has 2 aromatic heterocycles. The molecule has 1 aliphatic heterocycles. The zero-order valence-electron chi connectivity index (χ0n) is 17.2. The van der Waals surface area contributed by atoms with Crippen LogP contribution in [-0.4, -0.2) is 54.8 Å². The van der Waals surface area contributed by atoms with E-state index in [0.29, 0.717) is 11.4 Å². The highest BCUT2D eigenvalue weighted by Gasteiger charge is 2.27. The van der Waals surface area contributed by atoms with Crippen molar-refractivity contribution >= 4 is 10.8 Å². The minimum absolute atomic E-state index is 0.0655. The number of nitrogens with zero attached hydrogens (tertiary/aromatic N) is 3. The first kappa shape index (κ1) is 19.4. The fourth-order valence-corrected chi connectivity index (χ4v) is 3.94. The third-order valence-electron chi connectivity index (χ3n) is 5.65. The number of methoxy groups -OCH3 is 2. The van der Waals surface area contributed by atoms with Crippen LogP contribution in [0.2, 0.25) is 0 Å². The number of benzene rings is 1. The lowest BCUT2D eigenvalue weighted by molar-refractivity contribution is 0.121. The predicted octanol–water partition coefficient (Wildman–Crippen LogP) is 2.02. The number of hydrogen-bond donors (Lipinski definition) is 1. The fraction of sp³-hybridized carbons (Fsp3) is 0.364. The quantitative estimate of drug-likeness (QED) is 0.690. The van der Waals surface area contributed by atoms with E-state index in [1.165, 1.54) is 0 Å². The van der Waals surface area contributed by atoms with Gasteiger partial charge in [0.1, 0.15) is 11.5 Å². The summed E-state index contributed by atoms with van der Waals surface area (Å²) in [5, 5.41) is 4.75. The van der Waals surface area contributed by atoms with E-state index in [-0.39, 0.29) is 5.56 Å². The van der Waals surface area contributed by atoms with Gasteiger partial charge in [0.05, 0.1) is 25.2 Å². The van der Waals surface area contributed by atoms with Gasteiger partial charge in [0.2, 0.25) is 0 Å². The summed E-state index contributed by atoms with van der Waals surface area (Å²) < 4.78 is 13.1. The summed E-state index contributed by atoms with van der Waals surface area (Å²) >= 11 is 0. The first-order valence-corrected chi connectivity index (χ1v) is 9.64. The lowest BCUT2D eigenvalue weighted by Crippen LogP contribution is -2.56. The van der Waals surface area contributed by atoms with E-state index < -0.39 is 0 Å². The Morgan fingerprint density at radius 3 is 2.48 bits per heavy atom. The van der Waals surface area contributed by atoms with Crippen LogP contribution in [0.4, 0.5) is 0 Å². The molecule has 3 aromatic rings. The second kappa shape index (κ2) is 7.85. The van der Waals surface area contributed by atoms with Gasteiger partial charge in [-0.2, -0.15) is 0 Å². The predicted molar refractivity (Wildman–Crippen MR) is 114 cm³/mol. The molecule has 152 valence electrons. The van der Waals surface area contributed by atoms with Crippen LogP contribution >= 0.6 is 0 Å². The molecular weight excluding hydrogens is 368 g/mol. The average Bonchev–Trinajstić information content (AvgIpc) is 2.72. The lowest BCUT2D eigenvalue weighted by atomic mass is 9.98. The van der Waals surface area contributed by atoms with E-state index >= 15 is 0 Å². The second-order valence-electron chi connectivity index (χ2n) is 7.42. The molecule has 0 spiro atoms. The van der Waals surface area contributed by atoms with Gasteiger partial charge in [-0.25, -0.2) is 0 Å². The molecule has 7 nitrogen and oxygen atoms in total. The van der Waals surface area contributed by atoms with Crippen molar-refractivity contribution in [1.82, 2.24) is 19.8 Å². The Hall–Kier alpha value is -2.90. The van der Waals surface area contributed by atoms with Crippen LogP contribution in [-0.2, 0) is 13.6 Å². The first-order valence-electron chi connectivity index (χ1n) is 9.64. The van der Waals surface area contributed by atoms with Gasteiger partial charge in [0, 0.05) is 56.9 Å². The van der Waals surface area contributed by atoms with Crippen molar-refractivity contribution in [3.8, 4) is 22.6 Å². The van der Waals surface area contributed by atoms with Crippen molar-refractivity contribution in [3.63, 3.8) is 0 Å². The molecule has 0 bridgehead atoms. The number of aromatic nitrogens is 2. The molecule has 0 unspecified atom stereocenters. The van der Waals surface area contributed by atoms with E-state index in [1.54, 1.807) is 38.2 Å². The van der Waals surface area contributed by atoms with E-state index in [4.69, 9.17) is 9.47 Å². The molecule has 1 aliphatic rings. The largest absolute Gasteiger partial charge is 0.496 e. The second-order valence-corrected chi connectivity index (χ2v) is 7.42. The van der Waals surface area contributed by atoms with Crippen LogP contribution in [0.25, 0.3) is 21.9 Å². The Bertz CT molecular complexity index is 1080. The maximum Gasteiger partial charge on any atom is 0.259 e. The van der Waals surface area contributed by atoms with Gasteiger partial charge in [0.15, 0.2) is 0 Å². The maximum absolute atomic E-state index is 12.5. The molecule has 7 heteroatoms. The molecule has 1 aromatic carbocycles. The Morgan fingerprint density at radius 1 is 1.17 bits per heavy atom. The number of likely N-dealkylation sites (N-methyl/N-ethyl adjacent to an activating group) is 1. The molecule has 0 amide bonds. The Labute approximate surface area is 169 Å². The third kappa shape index (κ3) is 3.47.